The maximum Gasteiger partial charge on any atom is 0.340 e. The van der Waals surface area contributed by atoms with Crippen molar-refractivity contribution in [3.05, 3.63) is 60.6 Å². The molecule has 0 spiro atoms. The van der Waals surface area contributed by atoms with Crippen LogP contribution in [0.4, 0.5) is 13.2 Å². The van der Waals surface area contributed by atoms with E-state index in [0.29, 0.717) is 0 Å². The fourth-order valence-corrected chi connectivity index (χ4v) is 2.75. The van der Waals surface area contributed by atoms with Crippen LogP contribution in [0, 0.1) is 12.7 Å². The highest BCUT2D eigenvalue weighted by molar-refractivity contribution is 9.10. The second kappa shape index (κ2) is 7.48. The number of carbonyl (C=O) groups excluding carboxylic acids is 1. The molecule has 26 heavy (non-hydrogen) atoms. The van der Waals surface area contributed by atoms with Crippen LogP contribution in [0.5, 0.6) is 0 Å². The summed E-state index contributed by atoms with van der Waals surface area (Å²) < 4.78 is 45.9. The first-order valence-corrected chi connectivity index (χ1v) is 8.17. The van der Waals surface area contributed by atoms with Crippen molar-refractivity contribution in [1.29, 1.82) is 0 Å². The second-order valence-corrected chi connectivity index (χ2v) is 6.48. The number of ether oxygens (including phenoxy) is 1. The summed E-state index contributed by atoms with van der Waals surface area (Å²) in [6.45, 7) is 1.13. The van der Waals surface area contributed by atoms with E-state index in [9.17, 15) is 27.6 Å². The molecule has 0 fully saturated rings. The Morgan fingerprint density at radius 3 is 2.35 bits per heavy atom. The van der Waals surface area contributed by atoms with Gasteiger partial charge < -0.3 is 4.74 Å². The van der Waals surface area contributed by atoms with Crippen LogP contribution in [0.1, 0.15) is 36.4 Å². The molecule has 0 atom stereocenters. The number of hydrogen-bond donors (Lipinski definition) is 0. The first-order valence-electron chi connectivity index (χ1n) is 7.38. The minimum absolute atomic E-state index is 0.0266. The average Bonchev–Trinajstić information content (AvgIpc) is 2.47. The maximum atomic E-state index is 14.4. The SMILES string of the molecule is Cc1cc(=O)n(-c2cc(C(=O)OC(C)C)c(Br)cc2F)c(=O)n1C(F)F. The molecular formula is C16H14BrF3N2O4. The molecule has 10 heteroatoms. The molecule has 0 saturated carbocycles. The normalized spacial score (nSPS) is 11.3. The van der Waals surface area contributed by atoms with E-state index in [1.165, 1.54) is 0 Å². The number of aromatic nitrogens is 2. The quantitative estimate of drug-likeness (QED) is 0.692. The molecule has 0 unspecified atom stereocenters. The van der Waals surface area contributed by atoms with Crippen LogP contribution in [0.15, 0.2) is 32.3 Å². The molecule has 0 radical (unpaired) electrons. The number of rotatable bonds is 4. The number of benzene rings is 1. The Balaban J connectivity index is 2.78. The highest BCUT2D eigenvalue weighted by Crippen LogP contribution is 2.24. The van der Waals surface area contributed by atoms with E-state index in [-0.39, 0.29) is 24.9 Å². The van der Waals surface area contributed by atoms with Crippen molar-refractivity contribution in [1.82, 2.24) is 9.13 Å². The summed E-state index contributed by atoms with van der Waals surface area (Å²) in [7, 11) is 0. The third kappa shape index (κ3) is 3.74. The van der Waals surface area contributed by atoms with Gasteiger partial charge in [0.1, 0.15) is 5.82 Å². The van der Waals surface area contributed by atoms with Crippen molar-refractivity contribution in [2.24, 2.45) is 0 Å². The van der Waals surface area contributed by atoms with Crippen LogP contribution < -0.4 is 11.2 Å². The van der Waals surface area contributed by atoms with Crippen molar-refractivity contribution < 1.29 is 22.7 Å². The van der Waals surface area contributed by atoms with Gasteiger partial charge in [-0.15, -0.1) is 0 Å². The Bertz CT molecular complexity index is 983. The Morgan fingerprint density at radius 1 is 1.19 bits per heavy atom. The summed E-state index contributed by atoms with van der Waals surface area (Å²) in [6.07, 6.45) is -0.471. The van der Waals surface area contributed by atoms with E-state index < -0.39 is 41.4 Å². The van der Waals surface area contributed by atoms with Gasteiger partial charge in [-0.05, 0) is 48.8 Å². The lowest BCUT2D eigenvalue weighted by molar-refractivity contribution is 0.0376. The predicted octanol–water partition coefficient (Wildman–Crippen LogP) is 3.17. The zero-order valence-corrected chi connectivity index (χ0v) is 15.5. The topological polar surface area (TPSA) is 70.3 Å². The lowest BCUT2D eigenvalue weighted by Gasteiger charge is -2.15. The Hall–Kier alpha value is -2.36. The third-order valence-electron chi connectivity index (χ3n) is 3.37. The molecule has 2 aromatic rings. The Morgan fingerprint density at radius 2 is 1.81 bits per heavy atom. The number of halogens is 4. The number of carbonyl (C=O) groups is 1. The fourth-order valence-electron chi connectivity index (χ4n) is 2.27. The largest absolute Gasteiger partial charge is 0.459 e. The van der Waals surface area contributed by atoms with Gasteiger partial charge in [-0.1, -0.05) is 0 Å². The zero-order chi connectivity index (χ0) is 19.8. The van der Waals surface area contributed by atoms with E-state index in [0.717, 1.165) is 25.1 Å². The van der Waals surface area contributed by atoms with Crippen LogP contribution in [0.2, 0.25) is 0 Å². The molecule has 1 aromatic carbocycles. The minimum Gasteiger partial charge on any atom is -0.459 e. The molecule has 0 aliphatic heterocycles. The second-order valence-electron chi connectivity index (χ2n) is 5.63. The van der Waals surface area contributed by atoms with Gasteiger partial charge in [0.2, 0.25) is 0 Å². The smallest absolute Gasteiger partial charge is 0.340 e. The number of alkyl halides is 2. The number of esters is 1. The summed E-state index contributed by atoms with van der Waals surface area (Å²) in [5.74, 6) is -1.88. The van der Waals surface area contributed by atoms with Gasteiger partial charge in [0.15, 0.2) is 0 Å². The van der Waals surface area contributed by atoms with Crippen molar-refractivity contribution in [3.8, 4) is 5.69 Å². The van der Waals surface area contributed by atoms with Gasteiger partial charge in [-0.25, -0.2) is 23.1 Å². The maximum absolute atomic E-state index is 14.4. The summed E-state index contributed by atoms with van der Waals surface area (Å²) in [4.78, 5) is 36.5. The van der Waals surface area contributed by atoms with Gasteiger partial charge in [0, 0.05) is 16.2 Å². The van der Waals surface area contributed by atoms with E-state index in [1.54, 1.807) is 13.8 Å². The summed E-state index contributed by atoms with van der Waals surface area (Å²) in [6, 6.07) is 2.53. The van der Waals surface area contributed by atoms with Crippen molar-refractivity contribution in [3.63, 3.8) is 0 Å². The predicted molar refractivity (Wildman–Crippen MR) is 90.5 cm³/mol. The number of aryl methyl sites for hydroxylation is 1. The lowest BCUT2D eigenvalue weighted by Crippen LogP contribution is -2.40. The molecule has 0 N–H and O–H groups in total. The molecule has 0 bridgehead atoms. The molecule has 0 aliphatic rings. The molecule has 0 amide bonds. The number of nitrogens with zero attached hydrogens (tertiary/aromatic N) is 2. The lowest BCUT2D eigenvalue weighted by atomic mass is 10.2. The Labute approximate surface area is 153 Å². The van der Waals surface area contributed by atoms with Crippen LogP contribution in [-0.2, 0) is 4.74 Å². The third-order valence-corrected chi connectivity index (χ3v) is 4.02. The highest BCUT2D eigenvalue weighted by Gasteiger charge is 2.22. The molecule has 6 nitrogen and oxygen atoms in total. The van der Waals surface area contributed by atoms with Gasteiger partial charge in [-0.3, -0.25) is 4.79 Å². The van der Waals surface area contributed by atoms with Gasteiger partial charge in [0.25, 0.3) is 5.56 Å². The number of hydrogen-bond acceptors (Lipinski definition) is 4. The van der Waals surface area contributed by atoms with Crippen molar-refractivity contribution >= 4 is 21.9 Å². The van der Waals surface area contributed by atoms with Gasteiger partial charge in [-0.2, -0.15) is 8.78 Å². The summed E-state index contributed by atoms with van der Waals surface area (Å²) in [5, 5.41) is 0. The highest BCUT2D eigenvalue weighted by atomic mass is 79.9. The van der Waals surface area contributed by atoms with E-state index in [4.69, 9.17) is 4.74 Å². The molecule has 140 valence electrons. The first-order chi connectivity index (χ1) is 12.0. The van der Waals surface area contributed by atoms with Crippen LogP contribution in [-0.4, -0.2) is 21.2 Å². The van der Waals surface area contributed by atoms with Gasteiger partial charge in [0.05, 0.1) is 17.4 Å². The average molecular weight is 435 g/mol. The monoisotopic (exact) mass is 434 g/mol. The summed E-state index contributed by atoms with van der Waals surface area (Å²) in [5.41, 5.74) is -3.50. The summed E-state index contributed by atoms with van der Waals surface area (Å²) >= 11 is 3.00. The molecule has 2 rings (SSSR count). The molecule has 0 aliphatic carbocycles. The van der Waals surface area contributed by atoms with Crippen LogP contribution >= 0.6 is 15.9 Å². The molecule has 1 aromatic heterocycles. The van der Waals surface area contributed by atoms with E-state index in [1.807, 2.05) is 0 Å². The van der Waals surface area contributed by atoms with Crippen molar-refractivity contribution in [2.75, 3.05) is 0 Å². The Kier molecular flexibility index (Phi) is 5.74. The fraction of sp³-hybridized carbons (Fsp3) is 0.312. The standard InChI is InChI=1S/C16H14BrF3N2O4/c1-7(2)26-14(24)9-5-12(11(18)6-10(9)17)22-13(23)4-8(3)21(15(19)20)16(22)25/h4-7,15H,1-3H3. The molecule has 0 saturated heterocycles. The van der Waals surface area contributed by atoms with Crippen LogP contribution in [0.25, 0.3) is 5.69 Å². The first kappa shape index (κ1) is 20.0. The van der Waals surface area contributed by atoms with Gasteiger partial charge >= 0.3 is 18.2 Å². The van der Waals surface area contributed by atoms with Crippen molar-refractivity contribution in [2.45, 2.75) is 33.4 Å². The van der Waals surface area contributed by atoms with E-state index in [2.05, 4.69) is 15.9 Å². The molecular weight excluding hydrogens is 421 g/mol. The molecule has 1 heterocycles. The van der Waals surface area contributed by atoms with E-state index >= 15 is 0 Å². The van der Waals surface area contributed by atoms with Crippen LogP contribution in [0.3, 0.4) is 0 Å². The zero-order valence-electron chi connectivity index (χ0n) is 13.9. The minimum atomic E-state index is -3.22.